The topological polar surface area (TPSA) is 97.7 Å². The highest BCUT2D eigenvalue weighted by atomic mass is 32.2. The Labute approximate surface area is 312 Å². The van der Waals surface area contributed by atoms with Crippen LogP contribution < -0.4 is 4.18 Å². The van der Waals surface area contributed by atoms with Gasteiger partial charge in [-0.1, -0.05) is 63.5 Å². The predicted octanol–water partition coefficient (Wildman–Crippen LogP) is 11.1. The molecule has 8 saturated carbocycles. The van der Waals surface area contributed by atoms with Gasteiger partial charge in [-0.2, -0.15) is 16.8 Å². The normalized spacial score (nSPS) is 36.1. The average Bonchev–Trinajstić information content (AvgIpc) is 3.96. The number of fused-ring (bicyclic) bond motifs is 5. The molecule has 4 bridgehead atoms. The summed E-state index contributed by atoms with van der Waals surface area (Å²) in [5.74, 6) is 5.47. The number of rotatable bonds is 9. The van der Waals surface area contributed by atoms with Gasteiger partial charge in [-0.15, -0.1) is 0 Å². The zero-order valence-electron chi connectivity index (χ0n) is 30.8. The van der Waals surface area contributed by atoms with Crippen LogP contribution in [-0.2, 0) is 20.2 Å². The number of hydrogen-bond donors (Lipinski definition) is 1. The molecule has 9 unspecified atom stereocenters. The van der Waals surface area contributed by atoms with Crippen LogP contribution in [0, 0.1) is 35.5 Å². The van der Waals surface area contributed by atoms with Gasteiger partial charge in [0.1, 0.15) is 10.6 Å². The van der Waals surface area contributed by atoms with Gasteiger partial charge >= 0.3 is 10.1 Å². The third-order valence-electron chi connectivity index (χ3n) is 16.4. The van der Waals surface area contributed by atoms with Crippen LogP contribution in [0.15, 0.2) is 34.1 Å². The molecule has 8 fully saturated rings. The van der Waals surface area contributed by atoms with Crippen molar-refractivity contribution in [1.29, 1.82) is 0 Å². The first-order valence-corrected chi connectivity index (χ1v) is 24.2. The van der Waals surface area contributed by atoms with Crippen molar-refractivity contribution in [3.8, 4) is 5.75 Å². The summed E-state index contributed by atoms with van der Waals surface area (Å²) in [5, 5.41) is 0. The summed E-state index contributed by atoms with van der Waals surface area (Å²) < 4.78 is 73.9. The largest absolute Gasteiger partial charge is 0.378 e. The van der Waals surface area contributed by atoms with E-state index in [9.17, 15) is 13.0 Å². The fourth-order valence-corrected chi connectivity index (χ4v) is 15.6. The van der Waals surface area contributed by atoms with Crippen molar-refractivity contribution in [2.24, 2.45) is 35.5 Å². The van der Waals surface area contributed by atoms with Gasteiger partial charge in [0.15, 0.2) is 0 Å². The molecule has 1 N–H and O–H groups in total. The zero-order valence-corrected chi connectivity index (χ0v) is 32.4. The Hall–Kier alpha value is -1.90. The van der Waals surface area contributed by atoms with Crippen LogP contribution in [0.1, 0.15) is 192 Å². The standard InChI is InChI=1S/C44H58O6S2/c45-51(46,47)34-24-38(28-7-3-1-4-8-28)43(39(25-34)29-9-5-2-6-10-29)50-52(48,49)44-41(37-20-27-12-14-31(37)18-27)22-33(36-19-26-11-13-30(36)17-26)23-42(44)40-21-32-15-16-35(32)40/h22-32,35-37,40H,1-21H2,(H,45,46,47). The van der Waals surface area contributed by atoms with Gasteiger partial charge in [-0.05, 0) is 177 Å². The first-order valence-electron chi connectivity index (χ1n) is 21.4. The first-order chi connectivity index (χ1) is 25.1. The summed E-state index contributed by atoms with van der Waals surface area (Å²) in [6, 6.07) is 7.86. The number of benzene rings is 2. The zero-order chi connectivity index (χ0) is 35.4. The highest BCUT2D eigenvalue weighted by Gasteiger charge is 2.52. The van der Waals surface area contributed by atoms with E-state index in [1.807, 2.05) is 0 Å². The predicted molar refractivity (Wildman–Crippen MR) is 202 cm³/mol. The summed E-state index contributed by atoms with van der Waals surface area (Å²) in [5.41, 5.74) is 4.85. The summed E-state index contributed by atoms with van der Waals surface area (Å²) in [4.78, 5) is 0.359. The van der Waals surface area contributed by atoms with Crippen molar-refractivity contribution in [3.05, 3.63) is 52.1 Å². The molecule has 10 rings (SSSR count). The van der Waals surface area contributed by atoms with E-state index in [4.69, 9.17) is 4.18 Å². The van der Waals surface area contributed by atoms with Crippen LogP contribution in [-0.4, -0.2) is 21.4 Å². The maximum absolute atomic E-state index is 15.6. The Morgan fingerprint density at radius 3 is 1.50 bits per heavy atom. The molecule has 0 heterocycles. The van der Waals surface area contributed by atoms with Crippen molar-refractivity contribution in [2.75, 3.05) is 0 Å². The van der Waals surface area contributed by atoms with E-state index in [1.165, 1.54) is 63.4 Å². The monoisotopic (exact) mass is 746 g/mol. The van der Waals surface area contributed by atoms with E-state index in [0.717, 1.165) is 106 Å². The summed E-state index contributed by atoms with van der Waals surface area (Å²) in [6.45, 7) is 0. The molecule has 0 amide bonds. The van der Waals surface area contributed by atoms with Gasteiger partial charge in [0.25, 0.3) is 10.1 Å². The minimum atomic E-state index is -4.50. The maximum Gasteiger partial charge on any atom is 0.339 e. The van der Waals surface area contributed by atoms with E-state index in [2.05, 4.69) is 12.1 Å². The van der Waals surface area contributed by atoms with Gasteiger partial charge < -0.3 is 4.18 Å². The third-order valence-corrected chi connectivity index (χ3v) is 18.6. The minimum Gasteiger partial charge on any atom is -0.378 e. The van der Waals surface area contributed by atoms with Gasteiger partial charge in [0, 0.05) is 11.1 Å². The summed E-state index contributed by atoms with van der Waals surface area (Å²) >= 11 is 0. The molecule has 8 heteroatoms. The van der Waals surface area contributed by atoms with Crippen molar-refractivity contribution in [1.82, 2.24) is 0 Å². The highest BCUT2D eigenvalue weighted by molar-refractivity contribution is 7.87. The molecule has 6 nitrogen and oxygen atoms in total. The lowest BCUT2D eigenvalue weighted by Gasteiger charge is -2.54. The minimum absolute atomic E-state index is 0.00460. The molecule has 8 aliphatic rings. The first kappa shape index (κ1) is 34.6. The fourth-order valence-electron chi connectivity index (χ4n) is 13.6. The smallest absolute Gasteiger partial charge is 0.339 e. The molecule has 2 aromatic carbocycles. The Kier molecular flexibility index (Phi) is 8.72. The highest BCUT2D eigenvalue weighted by Crippen LogP contribution is 2.63. The van der Waals surface area contributed by atoms with E-state index < -0.39 is 20.2 Å². The second-order valence-corrected chi connectivity index (χ2v) is 22.0. The van der Waals surface area contributed by atoms with Crippen molar-refractivity contribution >= 4 is 20.2 Å². The summed E-state index contributed by atoms with van der Waals surface area (Å²) in [7, 11) is -8.80. The molecule has 0 aromatic heterocycles. The van der Waals surface area contributed by atoms with Crippen molar-refractivity contribution < 1.29 is 25.6 Å². The molecular weight excluding hydrogens is 689 g/mol. The quantitative estimate of drug-likeness (QED) is 0.203. The molecule has 0 aliphatic heterocycles. The molecule has 9 atom stereocenters. The van der Waals surface area contributed by atoms with E-state index in [1.54, 1.807) is 12.1 Å². The van der Waals surface area contributed by atoms with Crippen LogP contribution in [0.4, 0.5) is 0 Å². The lowest BCUT2D eigenvalue weighted by Crippen LogP contribution is -2.43. The van der Waals surface area contributed by atoms with Crippen LogP contribution in [0.2, 0.25) is 0 Å². The number of hydrogen-bond acceptors (Lipinski definition) is 5. The second-order valence-electron chi connectivity index (χ2n) is 19.0. The van der Waals surface area contributed by atoms with Crippen molar-refractivity contribution in [3.63, 3.8) is 0 Å². The molecule has 52 heavy (non-hydrogen) atoms. The Balaban J connectivity index is 1.15. The SMILES string of the molecule is O=S(=O)(O)c1cc(C2CCCCC2)c(OS(=O)(=O)c2c(C3CC4CCC3C4)cc(C3CC4CCC3C4)cc2C2CC3CCC32)c(C2CCCCC2)c1. The molecule has 0 saturated heterocycles. The third kappa shape index (κ3) is 5.93. The molecule has 0 radical (unpaired) electrons. The van der Waals surface area contributed by atoms with E-state index >= 15 is 8.42 Å². The average molecular weight is 747 g/mol. The molecule has 0 spiro atoms. The fraction of sp³-hybridized carbons (Fsp3) is 0.727. The van der Waals surface area contributed by atoms with Crippen molar-refractivity contribution in [2.45, 2.75) is 174 Å². The Morgan fingerprint density at radius 1 is 0.519 bits per heavy atom. The Bertz CT molecular complexity index is 1900. The van der Waals surface area contributed by atoms with Crippen LogP contribution in [0.5, 0.6) is 5.75 Å². The lowest BCUT2D eigenvalue weighted by atomic mass is 9.51. The summed E-state index contributed by atoms with van der Waals surface area (Å²) in [6.07, 6.45) is 23.2. The molecule has 282 valence electrons. The van der Waals surface area contributed by atoms with Gasteiger partial charge in [0.05, 0.1) is 4.90 Å². The van der Waals surface area contributed by atoms with Crippen LogP contribution >= 0.6 is 0 Å². The molecule has 2 aromatic rings. The van der Waals surface area contributed by atoms with E-state index in [-0.39, 0.29) is 28.6 Å². The Morgan fingerprint density at radius 2 is 1.06 bits per heavy atom. The van der Waals surface area contributed by atoms with Crippen LogP contribution in [0.25, 0.3) is 0 Å². The molecular formula is C44H58O6S2. The van der Waals surface area contributed by atoms with E-state index in [0.29, 0.717) is 45.4 Å². The molecule has 8 aliphatic carbocycles. The maximum atomic E-state index is 15.6. The van der Waals surface area contributed by atoms with Crippen LogP contribution in [0.3, 0.4) is 0 Å². The van der Waals surface area contributed by atoms with Gasteiger partial charge in [0.2, 0.25) is 0 Å². The van der Waals surface area contributed by atoms with Gasteiger partial charge in [-0.25, -0.2) is 0 Å². The second kappa shape index (κ2) is 13.1. The lowest BCUT2D eigenvalue weighted by molar-refractivity contribution is 0.0200. The van der Waals surface area contributed by atoms with Gasteiger partial charge in [-0.3, -0.25) is 4.55 Å².